The van der Waals surface area contributed by atoms with Gasteiger partial charge in [0.1, 0.15) is 0 Å². The van der Waals surface area contributed by atoms with Gasteiger partial charge in [0, 0.05) is 11.3 Å². The van der Waals surface area contributed by atoms with Crippen LogP contribution in [-0.4, -0.2) is 34.2 Å². The molecule has 6 nitrogen and oxygen atoms in total. The number of anilines is 1. The molecule has 0 aliphatic heterocycles. The van der Waals surface area contributed by atoms with E-state index in [2.05, 4.69) is 4.72 Å². The van der Waals surface area contributed by atoms with Crippen LogP contribution in [0, 0.1) is 0 Å². The molecule has 0 fully saturated rings. The van der Waals surface area contributed by atoms with Crippen molar-refractivity contribution in [3.63, 3.8) is 0 Å². The fourth-order valence-electron chi connectivity index (χ4n) is 2.32. The van der Waals surface area contributed by atoms with E-state index in [0.29, 0.717) is 29.2 Å². The number of rotatable bonds is 8. The Morgan fingerprint density at radius 3 is 2.40 bits per heavy atom. The zero-order chi connectivity index (χ0) is 18.4. The van der Waals surface area contributed by atoms with Crippen molar-refractivity contribution in [2.45, 2.75) is 13.3 Å². The molecule has 0 aromatic heterocycles. The van der Waals surface area contributed by atoms with E-state index in [0.717, 1.165) is 5.56 Å². The molecule has 2 aromatic carbocycles. The lowest BCUT2D eigenvalue weighted by Crippen LogP contribution is -2.18. The number of methoxy groups -OCH3 is 2. The summed E-state index contributed by atoms with van der Waals surface area (Å²) >= 11 is 0. The van der Waals surface area contributed by atoms with Crippen LogP contribution in [0.3, 0.4) is 0 Å². The second kappa shape index (κ2) is 8.02. The van der Waals surface area contributed by atoms with Crippen LogP contribution in [-0.2, 0) is 16.4 Å². The summed E-state index contributed by atoms with van der Waals surface area (Å²) < 4.78 is 37.4. The molecule has 0 saturated heterocycles. The van der Waals surface area contributed by atoms with E-state index < -0.39 is 10.0 Å². The fourth-order valence-corrected chi connectivity index (χ4v) is 3.41. The molecule has 0 heterocycles. The molecule has 134 valence electrons. The van der Waals surface area contributed by atoms with Crippen LogP contribution in [0.5, 0.6) is 11.5 Å². The molecular weight excluding hydrogens is 342 g/mol. The lowest BCUT2D eigenvalue weighted by atomic mass is 10.1. The third-order valence-corrected chi connectivity index (χ3v) is 4.94. The number of sulfonamides is 1. The van der Waals surface area contributed by atoms with Gasteiger partial charge < -0.3 is 9.47 Å². The predicted octanol–water partition coefficient (Wildman–Crippen LogP) is 2.89. The average molecular weight is 363 g/mol. The highest BCUT2D eigenvalue weighted by molar-refractivity contribution is 7.92. The Hall–Kier alpha value is -2.54. The van der Waals surface area contributed by atoms with Crippen molar-refractivity contribution in [3.8, 4) is 11.5 Å². The van der Waals surface area contributed by atoms with Crippen molar-refractivity contribution in [1.29, 1.82) is 0 Å². The maximum atomic E-state index is 12.3. The van der Waals surface area contributed by atoms with Crippen molar-refractivity contribution in [2.75, 3.05) is 24.7 Å². The minimum Gasteiger partial charge on any atom is -0.493 e. The minimum atomic E-state index is -3.54. The first-order chi connectivity index (χ1) is 11.8. The third kappa shape index (κ3) is 5.22. The van der Waals surface area contributed by atoms with Crippen LogP contribution in [0.1, 0.15) is 22.8 Å². The van der Waals surface area contributed by atoms with E-state index in [9.17, 15) is 13.2 Å². The van der Waals surface area contributed by atoms with Gasteiger partial charge in [-0.15, -0.1) is 0 Å². The van der Waals surface area contributed by atoms with E-state index >= 15 is 0 Å². The predicted molar refractivity (Wildman–Crippen MR) is 97.1 cm³/mol. The summed E-state index contributed by atoms with van der Waals surface area (Å²) in [5.74, 6) is 0.937. The third-order valence-electron chi connectivity index (χ3n) is 3.65. The van der Waals surface area contributed by atoms with Crippen molar-refractivity contribution in [1.82, 2.24) is 0 Å². The number of hydrogen-bond acceptors (Lipinski definition) is 5. The first-order valence-electron chi connectivity index (χ1n) is 7.67. The lowest BCUT2D eigenvalue weighted by molar-refractivity contribution is 0.101. The van der Waals surface area contributed by atoms with Crippen molar-refractivity contribution >= 4 is 21.5 Å². The number of aryl methyl sites for hydroxylation is 1. The monoisotopic (exact) mass is 363 g/mol. The van der Waals surface area contributed by atoms with E-state index in [4.69, 9.17) is 9.47 Å². The molecule has 0 unspecified atom stereocenters. The fraction of sp³-hybridized carbons (Fsp3) is 0.278. The molecule has 0 saturated carbocycles. The molecular formula is C18H21NO5S. The largest absolute Gasteiger partial charge is 0.493 e. The van der Waals surface area contributed by atoms with Gasteiger partial charge in [-0.1, -0.05) is 18.2 Å². The summed E-state index contributed by atoms with van der Waals surface area (Å²) in [5, 5.41) is 0. The van der Waals surface area contributed by atoms with Crippen molar-refractivity contribution in [3.05, 3.63) is 53.6 Å². The molecule has 25 heavy (non-hydrogen) atoms. The number of nitrogens with one attached hydrogen (secondary N) is 1. The van der Waals surface area contributed by atoms with Gasteiger partial charge in [-0.05, 0) is 43.2 Å². The van der Waals surface area contributed by atoms with E-state index in [-0.39, 0.29) is 11.5 Å². The Kier molecular flexibility index (Phi) is 6.03. The van der Waals surface area contributed by atoms with Gasteiger partial charge >= 0.3 is 0 Å². The number of carbonyl (C=O) groups excluding carboxylic acids is 1. The second-order valence-corrected chi connectivity index (χ2v) is 7.34. The molecule has 1 N–H and O–H groups in total. The molecule has 2 rings (SSSR count). The van der Waals surface area contributed by atoms with Crippen LogP contribution in [0.15, 0.2) is 42.5 Å². The van der Waals surface area contributed by atoms with E-state index in [1.807, 2.05) is 0 Å². The summed E-state index contributed by atoms with van der Waals surface area (Å²) in [6, 6.07) is 11.7. The zero-order valence-electron chi connectivity index (χ0n) is 14.4. The summed E-state index contributed by atoms with van der Waals surface area (Å²) in [4.78, 5) is 11.4. The van der Waals surface area contributed by atoms with Gasteiger partial charge in [-0.2, -0.15) is 0 Å². The van der Waals surface area contributed by atoms with Crippen LogP contribution < -0.4 is 14.2 Å². The Balaban J connectivity index is 2.07. The molecule has 0 bridgehead atoms. The first-order valence-corrected chi connectivity index (χ1v) is 9.32. The summed E-state index contributed by atoms with van der Waals surface area (Å²) in [6.07, 6.45) is 0.322. The second-order valence-electron chi connectivity index (χ2n) is 5.50. The molecule has 0 aliphatic rings. The lowest BCUT2D eigenvalue weighted by Gasteiger charge is -2.11. The number of benzene rings is 2. The Morgan fingerprint density at radius 2 is 1.76 bits per heavy atom. The molecule has 0 spiro atoms. The number of hydrogen-bond donors (Lipinski definition) is 1. The van der Waals surface area contributed by atoms with Crippen LogP contribution >= 0.6 is 0 Å². The van der Waals surface area contributed by atoms with Gasteiger partial charge in [0.25, 0.3) is 0 Å². The van der Waals surface area contributed by atoms with Gasteiger partial charge in [0.2, 0.25) is 10.0 Å². The SMILES string of the molecule is COc1ccc(CCS(=O)(=O)Nc2cccc(C(C)=O)c2)cc1OC. The van der Waals surface area contributed by atoms with Crippen LogP contribution in [0.4, 0.5) is 5.69 Å². The van der Waals surface area contributed by atoms with E-state index in [1.165, 1.54) is 20.1 Å². The van der Waals surface area contributed by atoms with Crippen LogP contribution in [0.25, 0.3) is 0 Å². The maximum Gasteiger partial charge on any atom is 0.233 e. The standard InChI is InChI=1S/C18H21NO5S/c1-13(20)15-5-4-6-16(12-15)19-25(21,22)10-9-14-7-8-17(23-2)18(11-14)24-3/h4-8,11-12,19H,9-10H2,1-3H3. The van der Waals surface area contributed by atoms with Gasteiger partial charge in [0.15, 0.2) is 17.3 Å². The first kappa shape index (κ1) is 18.8. The zero-order valence-corrected chi connectivity index (χ0v) is 15.2. The summed E-state index contributed by atoms with van der Waals surface area (Å²) in [6.45, 7) is 1.44. The minimum absolute atomic E-state index is 0.0905. The molecule has 0 atom stereocenters. The quantitative estimate of drug-likeness (QED) is 0.729. The van der Waals surface area contributed by atoms with Crippen molar-refractivity contribution in [2.24, 2.45) is 0 Å². The molecule has 7 heteroatoms. The number of ether oxygens (including phenoxy) is 2. The van der Waals surface area contributed by atoms with Crippen LogP contribution in [0.2, 0.25) is 0 Å². The molecule has 0 aliphatic carbocycles. The highest BCUT2D eigenvalue weighted by Gasteiger charge is 2.13. The van der Waals surface area contributed by atoms with Gasteiger partial charge in [-0.3, -0.25) is 9.52 Å². The number of ketones is 1. The normalized spacial score (nSPS) is 11.0. The summed E-state index contributed by atoms with van der Waals surface area (Å²) in [5.41, 5.74) is 1.65. The number of Topliss-reactive ketones (excluding diaryl/α,β-unsaturated/α-hetero) is 1. The molecule has 0 radical (unpaired) electrons. The van der Waals surface area contributed by atoms with E-state index in [1.54, 1.807) is 43.5 Å². The number of carbonyl (C=O) groups is 1. The van der Waals surface area contributed by atoms with Crippen molar-refractivity contribution < 1.29 is 22.7 Å². The Labute approximate surface area is 147 Å². The molecule has 0 amide bonds. The topological polar surface area (TPSA) is 81.7 Å². The Bertz CT molecular complexity index is 862. The maximum absolute atomic E-state index is 12.3. The van der Waals surface area contributed by atoms with Gasteiger partial charge in [0.05, 0.1) is 20.0 Å². The summed E-state index contributed by atoms with van der Waals surface area (Å²) in [7, 11) is -0.471. The smallest absolute Gasteiger partial charge is 0.233 e. The van der Waals surface area contributed by atoms with Gasteiger partial charge in [-0.25, -0.2) is 8.42 Å². The highest BCUT2D eigenvalue weighted by atomic mass is 32.2. The Morgan fingerprint density at radius 1 is 1.04 bits per heavy atom. The average Bonchev–Trinajstić information content (AvgIpc) is 2.59. The molecule has 2 aromatic rings. The highest BCUT2D eigenvalue weighted by Crippen LogP contribution is 2.27.